The molecule has 1 N–H and O–H groups in total. The van der Waals surface area contributed by atoms with Crippen molar-refractivity contribution in [2.45, 2.75) is 125 Å². The second-order valence-corrected chi connectivity index (χ2v) is 17.3. The number of Topliss-reactive ketones (excluding diaryl/α,β-unsaturated/α-hetero) is 1. The number of hydrogen-bond donors (Lipinski definition) is 1. The molecule has 0 saturated heterocycles. The minimum atomic E-state index is -0.321. The summed E-state index contributed by atoms with van der Waals surface area (Å²) in [5.41, 5.74) is 1.27. The first-order chi connectivity index (χ1) is 21.2. The van der Waals surface area contributed by atoms with Crippen LogP contribution in [-0.2, 0) is 9.59 Å². The van der Waals surface area contributed by atoms with Crippen LogP contribution in [0.15, 0.2) is 12.2 Å². The maximum Gasteiger partial charge on any atom is 0.226 e. The van der Waals surface area contributed by atoms with Crippen LogP contribution in [0.25, 0.3) is 0 Å². The maximum atomic E-state index is 14.4. The van der Waals surface area contributed by atoms with Gasteiger partial charge in [-0.3, -0.25) is 9.59 Å². The SMILES string of the molecule is C=C(C)[C@@H]1CC[C@]2(C(=O)NCCCN(CCC#N)CCC#N)CC[C@]3(C)[C@H](CC[C@@H]4[C@@]5(C)CCC(=O)C(C)(C)[C@@H]5CC[C@]43C)[C@@H]12. The fourth-order valence-electron chi connectivity index (χ4n) is 12.8. The molecule has 5 aliphatic carbocycles. The van der Waals surface area contributed by atoms with E-state index in [9.17, 15) is 9.59 Å². The fourth-order valence-corrected chi connectivity index (χ4v) is 12.8. The molecule has 0 bridgehead atoms. The predicted molar refractivity (Wildman–Crippen MR) is 179 cm³/mol. The second kappa shape index (κ2) is 12.4. The molecule has 248 valence electrons. The summed E-state index contributed by atoms with van der Waals surface area (Å²) >= 11 is 0. The van der Waals surface area contributed by atoms with Gasteiger partial charge >= 0.3 is 0 Å². The topological polar surface area (TPSA) is 97.0 Å². The lowest BCUT2D eigenvalue weighted by molar-refractivity contribution is -0.233. The van der Waals surface area contributed by atoms with Gasteiger partial charge in [-0.2, -0.15) is 10.5 Å². The summed E-state index contributed by atoms with van der Waals surface area (Å²) in [4.78, 5) is 29.7. The van der Waals surface area contributed by atoms with E-state index in [1.54, 1.807) is 0 Å². The molecule has 0 heterocycles. The Morgan fingerprint density at radius 2 is 1.58 bits per heavy atom. The molecule has 5 rings (SSSR count). The molecule has 0 aliphatic heterocycles. The third-order valence-corrected chi connectivity index (χ3v) is 15.3. The van der Waals surface area contributed by atoms with Crippen LogP contribution in [0.4, 0.5) is 0 Å². The van der Waals surface area contributed by atoms with Crippen LogP contribution < -0.4 is 5.32 Å². The maximum absolute atomic E-state index is 14.4. The van der Waals surface area contributed by atoms with E-state index in [2.05, 4.69) is 70.5 Å². The molecule has 5 aliphatic rings. The number of nitriles is 2. The molecule has 0 aromatic heterocycles. The Morgan fingerprint density at radius 1 is 0.889 bits per heavy atom. The first-order valence-corrected chi connectivity index (χ1v) is 18.2. The molecule has 1 amide bonds. The van der Waals surface area contributed by atoms with Gasteiger partial charge in [-0.25, -0.2) is 0 Å². The van der Waals surface area contributed by atoms with E-state index in [0.717, 1.165) is 57.9 Å². The minimum Gasteiger partial charge on any atom is -0.356 e. The number of nitrogens with zero attached hydrogens (tertiary/aromatic N) is 3. The van der Waals surface area contributed by atoms with Crippen LogP contribution in [0.5, 0.6) is 0 Å². The summed E-state index contributed by atoms with van der Waals surface area (Å²) in [5.74, 6) is 3.05. The van der Waals surface area contributed by atoms with Gasteiger partial charge in [-0.05, 0) is 124 Å². The molecule has 6 heteroatoms. The summed E-state index contributed by atoms with van der Waals surface area (Å²) in [6, 6.07) is 4.43. The van der Waals surface area contributed by atoms with Gasteiger partial charge in [0.2, 0.25) is 5.91 Å². The van der Waals surface area contributed by atoms with Crippen molar-refractivity contribution in [1.29, 1.82) is 10.5 Å². The zero-order valence-corrected chi connectivity index (χ0v) is 29.3. The van der Waals surface area contributed by atoms with Crippen LogP contribution in [-0.4, -0.2) is 42.8 Å². The Hall–Kier alpha value is -2.18. The lowest BCUT2D eigenvalue weighted by atomic mass is 9.32. The third kappa shape index (κ3) is 5.30. The molecule has 6 nitrogen and oxygen atoms in total. The van der Waals surface area contributed by atoms with Crippen molar-refractivity contribution in [3.8, 4) is 12.1 Å². The molecule has 5 fully saturated rings. The van der Waals surface area contributed by atoms with E-state index in [-0.39, 0.29) is 33.0 Å². The highest BCUT2D eigenvalue weighted by atomic mass is 16.2. The number of hydrogen-bond acceptors (Lipinski definition) is 5. The van der Waals surface area contributed by atoms with Crippen molar-refractivity contribution in [2.24, 2.45) is 56.7 Å². The number of ketones is 1. The summed E-state index contributed by atoms with van der Waals surface area (Å²) in [6.07, 6.45) is 12.3. The number of nitrogens with one attached hydrogen (secondary N) is 1. The van der Waals surface area contributed by atoms with E-state index in [4.69, 9.17) is 10.5 Å². The highest BCUT2D eigenvalue weighted by Gasteiger charge is 2.71. The van der Waals surface area contributed by atoms with Crippen LogP contribution in [0, 0.1) is 79.3 Å². The predicted octanol–water partition coefficient (Wildman–Crippen LogP) is 7.85. The van der Waals surface area contributed by atoms with Crippen molar-refractivity contribution in [2.75, 3.05) is 26.2 Å². The third-order valence-electron chi connectivity index (χ3n) is 15.3. The lowest BCUT2D eigenvalue weighted by Crippen LogP contribution is -2.67. The highest BCUT2D eigenvalue weighted by molar-refractivity contribution is 5.85. The second-order valence-electron chi connectivity index (χ2n) is 17.3. The highest BCUT2D eigenvalue weighted by Crippen LogP contribution is 2.77. The van der Waals surface area contributed by atoms with Gasteiger partial charge in [0.1, 0.15) is 5.78 Å². The van der Waals surface area contributed by atoms with E-state index < -0.39 is 0 Å². The van der Waals surface area contributed by atoms with Gasteiger partial charge in [0.25, 0.3) is 0 Å². The standard InChI is InChI=1S/C39H60N4O2/c1-27(2)28-13-18-39(34(45)42-23-10-26-43(24-8-21-40)25-9-22-41)20-19-37(6)29(33(28)39)11-12-31-36(5)16-15-32(44)35(3,4)30(36)14-17-38(31,37)7/h28-31,33H,1,8-20,23-26H2,2-7H3,(H,42,45)/t28-,29+,30-,31+,33+,36-,37+,38+,39-/m0/s1. The molecule has 0 spiro atoms. The Bertz CT molecular complexity index is 1240. The number of amides is 1. The number of rotatable bonds is 10. The average Bonchev–Trinajstić information content (AvgIpc) is 3.40. The van der Waals surface area contributed by atoms with Gasteiger partial charge in [0.05, 0.1) is 17.6 Å². The number of fused-ring (bicyclic) bond motifs is 7. The quantitative estimate of drug-likeness (QED) is 0.199. The van der Waals surface area contributed by atoms with Gasteiger partial charge in [-0.15, -0.1) is 0 Å². The van der Waals surface area contributed by atoms with E-state index in [0.29, 0.717) is 67.8 Å². The fraction of sp³-hybridized carbons (Fsp3) is 0.846. The van der Waals surface area contributed by atoms with Crippen LogP contribution in [0.3, 0.4) is 0 Å². The molecule has 0 aromatic rings. The largest absolute Gasteiger partial charge is 0.356 e. The molecule has 0 unspecified atom stereocenters. The van der Waals surface area contributed by atoms with Crippen molar-refractivity contribution in [1.82, 2.24) is 10.2 Å². The van der Waals surface area contributed by atoms with Gasteiger partial charge < -0.3 is 10.2 Å². The molecular formula is C39H60N4O2. The monoisotopic (exact) mass is 616 g/mol. The average molecular weight is 617 g/mol. The van der Waals surface area contributed by atoms with Crippen LogP contribution in [0.2, 0.25) is 0 Å². The molecule has 0 aromatic carbocycles. The molecular weight excluding hydrogens is 556 g/mol. The van der Waals surface area contributed by atoms with E-state index in [1.165, 1.54) is 24.8 Å². The lowest BCUT2D eigenvalue weighted by Gasteiger charge is -2.72. The Kier molecular flexibility index (Phi) is 9.45. The zero-order valence-electron chi connectivity index (χ0n) is 29.3. The number of carbonyl (C=O) groups is 2. The van der Waals surface area contributed by atoms with Crippen LogP contribution in [0.1, 0.15) is 125 Å². The first-order valence-electron chi connectivity index (χ1n) is 18.2. The van der Waals surface area contributed by atoms with Crippen molar-refractivity contribution >= 4 is 11.7 Å². The van der Waals surface area contributed by atoms with Gasteiger partial charge in [0, 0.05) is 44.3 Å². The van der Waals surface area contributed by atoms with Crippen molar-refractivity contribution < 1.29 is 9.59 Å². The summed E-state index contributed by atoms with van der Waals surface area (Å²) in [7, 11) is 0. The van der Waals surface area contributed by atoms with Crippen LogP contribution >= 0.6 is 0 Å². The van der Waals surface area contributed by atoms with Gasteiger partial charge in [-0.1, -0.05) is 46.8 Å². The molecule has 5 saturated carbocycles. The Labute approximate surface area is 273 Å². The Balaban J connectivity index is 1.36. The van der Waals surface area contributed by atoms with E-state index in [1.807, 2.05) is 0 Å². The smallest absolute Gasteiger partial charge is 0.226 e. The molecule has 9 atom stereocenters. The zero-order chi connectivity index (χ0) is 32.8. The molecule has 45 heavy (non-hydrogen) atoms. The summed E-state index contributed by atoms with van der Waals surface area (Å²) in [5, 5.41) is 21.5. The number of allylic oxidation sites excluding steroid dienone is 1. The molecule has 0 radical (unpaired) electrons. The minimum absolute atomic E-state index is 0.171. The summed E-state index contributed by atoms with van der Waals surface area (Å²) in [6.45, 7) is 21.7. The first kappa shape index (κ1) is 34.2. The van der Waals surface area contributed by atoms with E-state index >= 15 is 0 Å². The summed E-state index contributed by atoms with van der Waals surface area (Å²) < 4.78 is 0. The number of carbonyl (C=O) groups excluding carboxylic acids is 2. The normalized spacial score (nSPS) is 41.5. The van der Waals surface area contributed by atoms with Crippen molar-refractivity contribution in [3.05, 3.63) is 12.2 Å². The van der Waals surface area contributed by atoms with Crippen molar-refractivity contribution in [3.63, 3.8) is 0 Å². The van der Waals surface area contributed by atoms with Gasteiger partial charge in [0.15, 0.2) is 0 Å². The Morgan fingerprint density at radius 3 is 2.22 bits per heavy atom.